The summed E-state index contributed by atoms with van der Waals surface area (Å²) in [5.74, 6) is 0.624. The summed E-state index contributed by atoms with van der Waals surface area (Å²) in [6.45, 7) is 4.49. The molecule has 0 radical (unpaired) electrons. The predicted octanol–water partition coefficient (Wildman–Crippen LogP) is 1.83. The molecule has 0 saturated heterocycles. The van der Waals surface area contributed by atoms with Gasteiger partial charge in [0.05, 0.1) is 32.1 Å². The van der Waals surface area contributed by atoms with Crippen LogP contribution >= 0.6 is 0 Å². The zero-order valence-corrected chi connectivity index (χ0v) is 14.5. The topological polar surface area (TPSA) is 74.0 Å². The maximum absolute atomic E-state index is 12.9. The summed E-state index contributed by atoms with van der Waals surface area (Å²) in [5, 5.41) is 0. The number of ether oxygens (including phenoxy) is 3. The van der Waals surface area contributed by atoms with Crippen molar-refractivity contribution < 1.29 is 19.0 Å². The molecule has 0 aliphatic carbocycles. The van der Waals surface area contributed by atoms with E-state index in [-0.39, 0.29) is 11.8 Å². The monoisotopic (exact) mass is 324 g/mol. The van der Waals surface area contributed by atoms with Crippen molar-refractivity contribution in [1.82, 2.24) is 4.90 Å². The molecule has 0 amide bonds. The van der Waals surface area contributed by atoms with Crippen LogP contribution in [0.3, 0.4) is 0 Å². The number of nitrogens with two attached hydrogens (primary N) is 1. The molecule has 1 atom stereocenters. The lowest BCUT2D eigenvalue weighted by molar-refractivity contribution is 0.0646. The summed E-state index contributed by atoms with van der Waals surface area (Å²) < 4.78 is 15.4. The van der Waals surface area contributed by atoms with Crippen LogP contribution in [0.15, 0.2) is 18.2 Å². The van der Waals surface area contributed by atoms with Crippen LogP contribution in [-0.2, 0) is 9.47 Å². The lowest BCUT2D eigenvalue weighted by Crippen LogP contribution is -2.44. The largest absolute Gasteiger partial charge is 0.495 e. The molecule has 0 saturated carbocycles. The van der Waals surface area contributed by atoms with Gasteiger partial charge in [-0.1, -0.05) is 6.92 Å². The van der Waals surface area contributed by atoms with Gasteiger partial charge in [0.25, 0.3) is 0 Å². The van der Waals surface area contributed by atoms with E-state index in [4.69, 9.17) is 19.9 Å². The average Bonchev–Trinajstić information content (AvgIpc) is 2.56. The standard InChI is InChI=1S/C17H28N2O4/c1-5-15(19(8-10-21-2)9-11-22-3)17(20)13-6-7-16(23-4)14(18)12-13/h6-7,12,15H,5,8-11,18H2,1-4H3. The van der Waals surface area contributed by atoms with Crippen LogP contribution in [0.1, 0.15) is 23.7 Å². The van der Waals surface area contributed by atoms with Crippen molar-refractivity contribution in [3.63, 3.8) is 0 Å². The summed E-state index contributed by atoms with van der Waals surface area (Å²) in [6.07, 6.45) is 0.707. The van der Waals surface area contributed by atoms with Crippen molar-refractivity contribution in [2.24, 2.45) is 0 Å². The summed E-state index contributed by atoms with van der Waals surface area (Å²) in [7, 11) is 4.86. The number of carbonyl (C=O) groups is 1. The fourth-order valence-corrected chi connectivity index (χ4v) is 2.53. The Morgan fingerprint density at radius 1 is 1.17 bits per heavy atom. The Bertz CT molecular complexity index is 485. The van der Waals surface area contributed by atoms with Crippen molar-refractivity contribution in [2.75, 3.05) is 53.4 Å². The Labute approximate surface area is 138 Å². The second kappa shape index (κ2) is 10.2. The van der Waals surface area contributed by atoms with Crippen molar-refractivity contribution in [3.8, 4) is 5.75 Å². The first-order chi connectivity index (χ1) is 11.1. The molecule has 23 heavy (non-hydrogen) atoms. The molecule has 1 aromatic carbocycles. The molecule has 6 nitrogen and oxygen atoms in total. The molecule has 0 spiro atoms. The van der Waals surface area contributed by atoms with Crippen LogP contribution in [0.25, 0.3) is 0 Å². The zero-order chi connectivity index (χ0) is 17.2. The molecule has 0 aliphatic rings. The van der Waals surface area contributed by atoms with E-state index in [0.29, 0.717) is 49.7 Å². The number of hydrogen-bond acceptors (Lipinski definition) is 6. The van der Waals surface area contributed by atoms with Crippen molar-refractivity contribution in [3.05, 3.63) is 23.8 Å². The summed E-state index contributed by atoms with van der Waals surface area (Å²) >= 11 is 0. The van der Waals surface area contributed by atoms with E-state index in [2.05, 4.69) is 4.90 Å². The molecule has 0 aromatic heterocycles. The van der Waals surface area contributed by atoms with Gasteiger partial charge in [-0.3, -0.25) is 9.69 Å². The van der Waals surface area contributed by atoms with Gasteiger partial charge in [-0.25, -0.2) is 0 Å². The third-order valence-corrected chi connectivity index (χ3v) is 3.81. The highest BCUT2D eigenvalue weighted by Gasteiger charge is 2.25. The number of nitrogen functional groups attached to an aromatic ring is 1. The number of methoxy groups -OCH3 is 3. The fraction of sp³-hybridized carbons (Fsp3) is 0.588. The molecule has 0 fully saturated rings. The Hall–Kier alpha value is -1.63. The van der Waals surface area contributed by atoms with Crippen LogP contribution in [-0.4, -0.2) is 64.4 Å². The normalized spacial score (nSPS) is 12.4. The number of nitrogens with zero attached hydrogens (tertiary/aromatic N) is 1. The van der Waals surface area contributed by atoms with Crippen molar-refractivity contribution in [1.29, 1.82) is 0 Å². The Morgan fingerprint density at radius 2 is 1.78 bits per heavy atom. The van der Waals surface area contributed by atoms with E-state index >= 15 is 0 Å². The van der Waals surface area contributed by atoms with Gasteiger partial charge < -0.3 is 19.9 Å². The molecule has 6 heteroatoms. The highest BCUT2D eigenvalue weighted by molar-refractivity contribution is 6.01. The average molecular weight is 324 g/mol. The fourth-order valence-electron chi connectivity index (χ4n) is 2.53. The molecular formula is C17H28N2O4. The number of hydrogen-bond donors (Lipinski definition) is 1. The summed E-state index contributed by atoms with van der Waals surface area (Å²) in [4.78, 5) is 15.0. The third-order valence-electron chi connectivity index (χ3n) is 3.81. The SMILES string of the molecule is CCC(C(=O)c1ccc(OC)c(N)c1)N(CCOC)CCOC. The third kappa shape index (κ3) is 5.49. The first-order valence-corrected chi connectivity index (χ1v) is 7.78. The van der Waals surface area contributed by atoms with Crippen LogP contribution in [0.4, 0.5) is 5.69 Å². The van der Waals surface area contributed by atoms with Crippen LogP contribution in [0.5, 0.6) is 5.75 Å². The van der Waals surface area contributed by atoms with Crippen molar-refractivity contribution >= 4 is 11.5 Å². The lowest BCUT2D eigenvalue weighted by atomic mass is 10.00. The minimum Gasteiger partial charge on any atom is -0.495 e. The van der Waals surface area contributed by atoms with E-state index in [1.165, 1.54) is 0 Å². The number of rotatable bonds is 11. The molecule has 1 unspecified atom stereocenters. The van der Waals surface area contributed by atoms with E-state index < -0.39 is 0 Å². The maximum Gasteiger partial charge on any atom is 0.180 e. The molecular weight excluding hydrogens is 296 g/mol. The van der Waals surface area contributed by atoms with E-state index in [9.17, 15) is 4.79 Å². The van der Waals surface area contributed by atoms with E-state index in [1.807, 2.05) is 6.92 Å². The highest BCUT2D eigenvalue weighted by Crippen LogP contribution is 2.23. The molecule has 130 valence electrons. The van der Waals surface area contributed by atoms with Gasteiger partial charge in [-0.2, -0.15) is 0 Å². The minimum atomic E-state index is -0.229. The van der Waals surface area contributed by atoms with Crippen LogP contribution < -0.4 is 10.5 Å². The number of Topliss-reactive ketones (excluding diaryl/α,β-unsaturated/α-hetero) is 1. The predicted molar refractivity (Wildman–Crippen MR) is 91.1 cm³/mol. The van der Waals surface area contributed by atoms with Gasteiger partial charge in [-0.05, 0) is 24.6 Å². The van der Waals surface area contributed by atoms with Gasteiger partial charge in [0.1, 0.15) is 5.75 Å². The Kier molecular flexibility index (Phi) is 8.61. The molecule has 1 rings (SSSR count). The minimum absolute atomic E-state index is 0.0501. The molecule has 2 N–H and O–H groups in total. The first kappa shape index (κ1) is 19.4. The van der Waals surface area contributed by atoms with Gasteiger partial charge >= 0.3 is 0 Å². The quantitative estimate of drug-likeness (QED) is 0.494. The molecule has 0 aliphatic heterocycles. The molecule has 0 bridgehead atoms. The van der Waals surface area contributed by atoms with E-state index in [1.54, 1.807) is 39.5 Å². The number of anilines is 1. The number of ketones is 1. The Morgan fingerprint density at radius 3 is 2.22 bits per heavy atom. The van der Waals surface area contributed by atoms with Gasteiger partial charge in [0.2, 0.25) is 0 Å². The molecule has 0 heterocycles. The van der Waals surface area contributed by atoms with Crippen LogP contribution in [0, 0.1) is 0 Å². The Balaban J connectivity index is 2.95. The number of benzene rings is 1. The van der Waals surface area contributed by atoms with Gasteiger partial charge in [0.15, 0.2) is 5.78 Å². The molecule has 1 aromatic rings. The summed E-state index contributed by atoms with van der Waals surface area (Å²) in [6, 6.07) is 4.93. The summed E-state index contributed by atoms with van der Waals surface area (Å²) in [5.41, 5.74) is 6.98. The van der Waals surface area contributed by atoms with Gasteiger partial charge in [-0.15, -0.1) is 0 Å². The van der Waals surface area contributed by atoms with Crippen LogP contribution in [0.2, 0.25) is 0 Å². The lowest BCUT2D eigenvalue weighted by Gasteiger charge is -2.29. The second-order valence-electron chi connectivity index (χ2n) is 5.27. The first-order valence-electron chi connectivity index (χ1n) is 7.78. The maximum atomic E-state index is 12.9. The second-order valence-corrected chi connectivity index (χ2v) is 5.27. The number of carbonyl (C=O) groups excluding carboxylic acids is 1. The van der Waals surface area contributed by atoms with Crippen molar-refractivity contribution in [2.45, 2.75) is 19.4 Å². The van der Waals surface area contributed by atoms with E-state index in [0.717, 1.165) is 0 Å². The zero-order valence-electron chi connectivity index (χ0n) is 14.5. The smallest absolute Gasteiger partial charge is 0.180 e. The highest BCUT2D eigenvalue weighted by atomic mass is 16.5. The van der Waals surface area contributed by atoms with Gasteiger partial charge in [0, 0.05) is 32.9 Å².